The summed E-state index contributed by atoms with van der Waals surface area (Å²) in [5.74, 6) is 1.55. The van der Waals surface area contributed by atoms with Crippen molar-refractivity contribution in [2.24, 2.45) is 0 Å². The SMILES string of the molecule is COc1ccc(OCc2ccc(N)cc2Br)c(Br)c1. The fourth-order valence-electron chi connectivity index (χ4n) is 1.56. The van der Waals surface area contributed by atoms with Crippen LogP contribution in [-0.2, 0) is 6.61 Å². The van der Waals surface area contributed by atoms with Crippen LogP contribution in [0.25, 0.3) is 0 Å². The van der Waals surface area contributed by atoms with Crippen molar-refractivity contribution in [1.29, 1.82) is 0 Å². The monoisotopic (exact) mass is 385 g/mol. The summed E-state index contributed by atoms with van der Waals surface area (Å²) in [7, 11) is 1.63. The number of hydrogen-bond acceptors (Lipinski definition) is 3. The molecule has 0 aliphatic rings. The van der Waals surface area contributed by atoms with Crippen LogP contribution in [0.5, 0.6) is 11.5 Å². The van der Waals surface area contributed by atoms with Gasteiger partial charge in [0.15, 0.2) is 0 Å². The van der Waals surface area contributed by atoms with Crippen molar-refractivity contribution in [1.82, 2.24) is 0 Å². The molecule has 0 amide bonds. The smallest absolute Gasteiger partial charge is 0.134 e. The number of anilines is 1. The molecule has 0 aliphatic heterocycles. The van der Waals surface area contributed by atoms with E-state index in [1.807, 2.05) is 36.4 Å². The van der Waals surface area contributed by atoms with Crippen LogP contribution in [-0.4, -0.2) is 7.11 Å². The molecule has 0 saturated carbocycles. The maximum absolute atomic E-state index is 5.77. The van der Waals surface area contributed by atoms with Crippen LogP contribution in [0.2, 0.25) is 0 Å². The van der Waals surface area contributed by atoms with Gasteiger partial charge in [-0.25, -0.2) is 0 Å². The summed E-state index contributed by atoms with van der Waals surface area (Å²) in [6, 6.07) is 11.3. The van der Waals surface area contributed by atoms with Gasteiger partial charge in [0, 0.05) is 15.7 Å². The molecule has 0 aliphatic carbocycles. The van der Waals surface area contributed by atoms with Gasteiger partial charge in [-0.1, -0.05) is 22.0 Å². The molecule has 0 aromatic heterocycles. The number of benzene rings is 2. The topological polar surface area (TPSA) is 44.5 Å². The van der Waals surface area contributed by atoms with Gasteiger partial charge in [0.2, 0.25) is 0 Å². The Kier molecular flexibility index (Phi) is 4.71. The Morgan fingerprint density at radius 2 is 1.84 bits per heavy atom. The predicted molar refractivity (Wildman–Crippen MR) is 83.6 cm³/mol. The third-order valence-electron chi connectivity index (χ3n) is 2.60. The minimum atomic E-state index is 0.464. The van der Waals surface area contributed by atoms with E-state index in [1.54, 1.807) is 7.11 Å². The molecular formula is C14H13Br2NO2. The van der Waals surface area contributed by atoms with E-state index in [4.69, 9.17) is 15.2 Å². The van der Waals surface area contributed by atoms with E-state index in [-0.39, 0.29) is 0 Å². The van der Waals surface area contributed by atoms with Crippen LogP contribution in [0.3, 0.4) is 0 Å². The molecule has 0 bridgehead atoms. The van der Waals surface area contributed by atoms with Crippen molar-refractivity contribution >= 4 is 37.5 Å². The van der Waals surface area contributed by atoms with Crippen molar-refractivity contribution < 1.29 is 9.47 Å². The molecule has 2 aromatic rings. The third kappa shape index (κ3) is 3.64. The molecule has 2 aromatic carbocycles. The van der Waals surface area contributed by atoms with Gasteiger partial charge in [0.1, 0.15) is 18.1 Å². The Balaban J connectivity index is 2.10. The highest BCUT2D eigenvalue weighted by Crippen LogP contribution is 2.30. The predicted octanol–water partition coefficient (Wildman–Crippen LogP) is 4.38. The van der Waals surface area contributed by atoms with Gasteiger partial charge >= 0.3 is 0 Å². The second-order valence-corrected chi connectivity index (χ2v) is 5.64. The van der Waals surface area contributed by atoms with Crippen molar-refractivity contribution in [3.8, 4) is 11.5 Å². The number of rotatable bonds is 4. The maximum Gasteiger partial charge on any atom is 0.134 e. The first-order valence-corrected chi connectivity index (χ1v) is 7.19. The van der Waals surface area contributed by atoms with Crippen LogP contribution in [0, 0.1) is 0 Å². The van der Waals surface area contributed by atoms with Gasteiger partial charge in [-0.15, -0.1) is 0 Å². The largest absolute Gasteiger partial charge is 0.497 e. The van der Waals surface area contributed by atoms with E-state index in [2.05, 4.69) is 31.9 Å². The van der Waals surface area contributed by atoms with E-state index in [1.165, 1.54) is 0 Å². The second-order valence-electron chi connectivity index (χ2n) is 3.94. The van der Waals surface area contributed by atoms with Crippen LogP contribution < -0.4 is 15.2 Å². The van der Waals surface area contributed by atoms with E-state index >= 15 is 0 Å². The molecule has 0 heterocycles. The number of ether oxygens (including phenoxy) is 2. The highest BCUT2D eigenvalue weighted by atomic mass is 79.9. The normalized spacial score (nSPS) is 10.3. The summed E-state index contributed by atoms with van der Waals surface area (Å²) in [5, 5.41) is 0. The molecule has 0 unspecified atom stereocenters. The highest BCUT2D eigenvalue weighted by molar-refractivity contribution is 9.10. The average molecular weight is 387 g/mol. The average Bonchev–Trinajstić information content (AvgIpc) is 2.39. The van der Waals surface area contributed by atoms with E-state index in [0.717, 1.165) is 31.7 Å². The number of hydrogen-bond donors (Lipinski definition) is 1. The maximum atomic E-state index is 5.77. The minimum Gasteiger partial charge on any atom is -0.497 e. The first kappa shape index (κ1) is 14.2. The molecule has 100 valence electrons. The lowest BCUT2D eigenvalue weighted by Crippen LogP contribution is -1.98. The zero-order valence-corrected chi connectivity index (χ0v) is 13.5. The fraction of sp³-hybridized carbons (Fsp3) is 0.143. The zero-order chi connectivity index (χ0) is 13.8. The van der Waals surface area contributed by atoms with Crippen molar-refractivity contribution in [2.75, 3.05) is 12.8 Å². The van der Waals surface area contributed by atoms with Gasteiger partial charge in [-0.3, -0.25) is 0 Å². The molecular weight excluding hydrogens is 374 g/mol. The second kappa shape index (κ2) is 6.30. The molecule has 3 nitrogen and oxygen atoms in total. The molecule has 0 radical (unpaired) electrons. The van der Waals surface area contributed by atoms with Crippen LogP contribution in [0.1, 0.15) is 5.56 Å². The van der Waals surface area contributed by atoms with Crippen LogP contribution >= 0.6 is 31.9 Å². The number of nitrogens with two attached hydrogens (primary N) is 1. The molecule has 0 saturated heterocycles. The van der Waals surface area contributed by atoms with Crippen LogP contribution in [0.4, 0.5) is 5.69 Å². The molecule has 2 rings (SSSR count). The lowest BCUT2D eigenvalue weighted by Gasteiger charge is -2.11. The summed E-state index contributed by atoms with van der Waals surface area (Å²) in [6.07, 6.45) is 0. The lowest BCUT2D eigenvalue weighted by atomic mass is 10.2. The highest BCUT2D eigenvalue weighted by Gasteiger charge is 2.05. The quantitative estimate of drug-likeness (QED) is 0.793. The number of nitrogen functional groups attached to an aromatic ring is 1. The standard InChI is InChI=1S/C14H13Br2NO2/c1-18-11-4-5-14(13(16)7-11)19-8-9-2-3-10(17)6-12(9)15/h2-7H,8,17H2,1H3. The Hall–Kier alpha value is -1.20. The number of methoxy groups -OCH3 is 1. The first-order valence-electron chi connectivity index (χ1n) is 5.60. The summed E-state index contributed by atoms with van der Waals surface area (Å²) in [6.45, 7) is 0.464. The van der Waals surface area contributed by atoms with Gasteiger partial charge in [0.05, 0.1) is 11.6 Å². The Labute approximate surface area is 129 Å². The van der Waals surface area contributed by atoms with E-state index in [9.17, 15) is 0 Å². The van der Waals surface area contributed by atoms with Crippen molar-refractivity contribution in [2.45, 2.75) is 6.61 Å². The molecule has 0 fully saturated rings. The van der Waals surface area contributed by atoms with Crippen molar-refractivity contribution in [3.05, 3.63) is 50.9 Å². The Morgan fingerprint density at radius 3 is 2.47 bits per heavy atom. The lowest BCUT2D eigenvalue weighted by molar-refractivity contribution is 0.302. The van der Waals surface area contributed by atoms with Gasteiger partial charge < -0.3 is 15.2 Å². The molecule has 0 spiro atoms. The van der Waals surface area contributed by atoms with Crippen LogP contribution in [0.15, 0.2) is 45.3 Å². The van der Waals surface area contributed by atoms with Crippen molar-refractivity contribution in [3.63, 3.8) is 0 Å². The zero-order valence-electron chi connectivity index (χ0n) is 10.3. The number of halogens is 2. The molecule has 2 N–H and O–H groups in total. The van der Waals surface area contributed by atoms with Gasteiger partial charge in [-0.05, 0) is 46.3 Å². The van der Waals surface area contributed by atoms with E-state index in [0.29, 0.717) is 6.61 Å². The molecule has 0 atom stereocenters. The van der Waals surface area contributed by atoms with Gasteiger partial charge in [-0.2, -0.15) is 0 Å². The Morgan fingerprint density at radius 1 is 1.05 bits per heavy atom. The summed E-state index contributed by atoms with van der Waals surface area (Å²) in [5.41, 5.74) is 7.46. The molecule has 19 heavy (non-hydrogen) atoms. The summed E-state index contributed by atoms with van der Waals surface area (Å²) < 4.78 is 12.7. The van der Waals surface area contributed by atoms with E-state index < -0.39 is 0 Å². The minimum absolute atomic E-state index is 0.464. The molecule has 5 heteroatoms. The Bertz CT molecular complexity index is 588. The fourth-order valence-corrected chi connectivity index (χ4v) is 2.54. The third-order valence-corrected chi connectivity index (χ3v) is 3.96. The summed E-state index contributed by atoms with van der Waals surface area (Å²) in [4.78, 5) is 0. The van der Waals surface area contributed by atoms with Gasteiger partial charge in [0.25, 0.3) is 0 Å². The summed E-state index contributed by atoms with van der Waals surface area (Å²) >= 11 is 6.93. The first-order chi connectivity index (χ1) is 9.10.